The van der Waals surface area contributed by atoms with Gasteiger partial charge in [0.25, 0.3) is 0 Å². The van der Waals surface area contributed by atoms with Crippen molar-refractivity contribution in [1.82, 2.24) is 9.97 Å². The molecule has 1 fully saturated rings. The van der Waals surface area contributed by atoms with E-state index in [0.717, 1.165) is 22.4 Å². The minimum absolute atomic E-state index is 0.483. The number of hydrogen-bond acceptors (Lipinski definition) is 5. The summed E-state index contributed by atoms with van der Waals surface area (Å²) in [5.74, 6) is 2.07. The highest BCUT2D eigenvalue weighted by Crippen LogP contribution is 2.30. The number of nitrogens with one attached hydrogen (secondary N) is 2. The van der Waals surface area contributed by atoms with Crippen LogP contribution in [0.3, 0.4) is 0 Å². The number of methoxy groups -OCH3 is 1. The molecule has 1 heterocycles. The number of anilines is 3. The number of para-hydroxylation sites is 1. The van der Waals surface area contributed by atoms with Crippen LogP contribution in [0.15, 0.2) is 42.5 Å². The van der Waals surface area contributed by atoms with Gasteiger partial charge in [-0.15, -0.1) is 0 Å². The van der Waals surface area contributed by atoms with Crippen LogP contribution in [0.1, 0.15) is 25.7 Å². The smallest absolute Gasteiger partial charge is 0.229 e. The minimum atomic E-state index is 0.483. The molecule has 2 aromatic carbocycles. The van der Waals surface area contributed by atoms with E-state index in [1.807, 2.05) is 36.4 Å². The number of aromatic nitrogens is 2. The van der Waals surface area contributed by atoms with Gasteiger partial charge in [-0.3, -0.25) is 0 Å². The molecule has 0 saturated heterocycles. The van der Waals surface area contributed by atoms with Gasteiger partial charge in [-0.2, -0.15) is 4.98 Å². The lowest BCUT2D eigenvalue weighted by molar-refractivity contribution is 0.415. The molecule has 26 heavy (non-hydrogen) atoms. The van der Waals surface area contributed by atoms with Crippen molar-refractivity contribution in [3.8, 4) is 5.75 Å². The molecule has 2 N–H and O–H groups in total. The van der Waals surface area contributed by atoms with Gasteiger partial charge in [0.15, 0.2) is 0 Å². The summed E-state index contributed by atoms with van der Waals surface area (Å²) >= 11 is 6.22. The van der Waals surface area contributed by atoms with E-state index in [1.54, 1.807) is 7.11 Å². The van der Waals surface area contributed by atoms with Crippen molar-refractivity contribution in [2.45, 2.75) is 31.7 Å². The molecule has 0 unspecified atom stereocenters. The third-order valence-electron chi connectivity index (χ3n) is 4.71. The summed E-state index contributed by atoms with van der Waals surface area (Å²) in [5.41, 5.74) is 1.73. The summed E-state index contributed by atoms with van der Waals surface area (Å²) in [6, 6.07) is 14.1. The van der Waals surface area contributed by atoms with E-state index < -0.39 is 0 Å². The molecule has 0 aliphatic heterocycles. The quantitative estimate of drug-likeness (QED) is 0.632. The highest BCUT2D eigenvalue weighted by molar-refractivity contribution is 6.32. The number of benzene rings is 2. The monoisotopic (exact) mass is 368 g/mol. The Balaban J connectivity index is 1.67. The van der Waals surface area contributed by atoms with E-state index >= 15 is 0 Å². The summed E-state index contributed by atoms with van der Waals surface area (Å²) in [6.07, 6.45) is 4.93. The molecule has 0 radical (unpaired) electrons. The van der Waals surface area contributed by atoms with Crippen molar-refractivity contribution in [1.29, 1.82) is 0 Å². The van der Waals surface area contributed by atoms with Gasteiger partial charge in [0.05, 0.1) is 17.6 Å². The number of fused-ring (bicyclic) bond motifs is 1. The van der Waals surface area contributed by atoms with Gasteiger partial charge in [0.1, 0.15) is 11.6 Å². The Kier molecular flexibility index (Phi) is 4.80. The maximum Gasteiger partial charge on any atom is 0.229 e. The predicted molar refractivity (Wildman–Crippen MR) is 107 cm³/mol. The van der Waals surface area contributed by atoms with E-state index in [4.69, 9.17) is 21.3 Å². The summed E-state index contributed by atoms with van der Waals surface area (Å²) < 4.78 is 5.20. The molecule has 1 aliphatic rings. The molecule has 3 aromatic rings. The average molecular weight is 369 g/mol. The Bertz CT molecular complexity index is 925. The van der Waals surface area contributed by atoms with Crippen molar-refractivity contribution >= 4 is 40.0 Å². The molecule has 134 valence electrons. The maximum atomic E-state index is 6.22. The summed E-state index contributed by atoms with van der Waals surface area (Å²) in [6.45, 7) is 0. The molecular weight excluding hydrogens is 348 g/mol. The Morgan fingerprint density at radius 1 is 1.08 bits per heavy atom. The zero-order chi connectivity index (χ0) is 17.9. The van der Waals surface area contributed by atoms with E-state index in [2.05, 4.69) is 21.7 Å². The van der Waals surface area contributed by atoms with Gasteiger partial charge in [-0.25, -0.2) is 4.98 Å². The standard InChI is InChI=1S/C20H21ClN4O/c1-26-18-11-10-14(12-16(18)21)23-20-24-17-9-5-4-8-15(17)19(25-20)22-13-6-2-3-7-13/h4-5,8-13H,2-3,6-7H2,1H3,(H2,22,23,24,25). The highest BCUT2D eigenvalue weighted by atomic mass is 35.5. The second-order valence-electron chi connectivity index (χ2n) is 6.51. The van der Waals surface area contributed by atoms with Crippen LogP contribution in [0, 0.1) is 0 Å². The lowest BCUT2D eigenvalue weighted by atomic mass is 10.2. The first-order chi connectivity index (χ1) is 12.7. The summed E-state index contributed by atoms with van der Waals surface area (Å²) in [7, 11) is 1.60. The Hall–Kier alpha value is -2.53. The van der Waals surface area contributed by atoms with Crippen LogP contribution in [0.5, 0.6) is 5.75 Å². The Labute approximate surface area is 157 Å². The van der Waals surface area contributed by atoms with Crippen LogP contribution in [0.25, 0.3) is 10.9 Å². The van der Waals surface area contributed by atoms with E-state index in [1.165, 1.54) is 25.7 Å². The first-order valence-corrected chi connectivity index (χ1v) is 9.24. The van der Waals surface area contributed by atoms with Gasteiger partial charge in [-0.05, 0) is 43.2 Å². The molecule has 4 rings (SSSR count). The summed E-state index contributed by atoms with van der Waals surface area (Å²) in [5, 5.41) is 8.44. The Morgan fingerprint density at radius 3 is 2.65 bits per heavy atom. The fourth-order valence-electron chi connectivity index (χ4n) is 3.38. The molecule has 0 spiro atoms. The van der Waals surface area contributed by atoms with Gasteiger partial charge in [-0.1, -0.05) is 36.6 Å². The third kappa shape index (κ3) is 3.53. The average Bonchev–Trinajstić information content (AvgIpc) is 3.15. The molecule has 5 nitrogen and oxygen atoms in total. The van der Waals surface area contributed by atoms with Crippen LogP contribution in [0.2, 0.25) is 5.02 Å². The number of rotatable bonds is 5. The molecule has 0 atom stereocenters. The van der Waals surface area contributed by atoms with Gasteiger partial charge < -0.3 is 15.4 Å². The second kappa shape index (κ2) is 7.38. The third-order valence-corrected chi connectivity index (χ3v) is 5.00. The molecular formula is C20H21ClN4O. The fourth-order valence-corrected chi connectivity index (χ4v) is 3.64. The molecule has 0 amide bonds. The SMILES string of the molecule is COc1ccc(Nc2nc(NC3CCCC3)c3ccccc3n2)cc1Cl. The largest absolute Gasteiger partial charge is 0.495 e. The molecule has 0 bridgehead atoms. The van der Waals surface area contributed by atoms with Crippen molar-refractivity contribution in [3.63, 3.8) is 0 Å². The number of halogens is 1. The summed E-state index contributed by atoms with van der Waals surface area (Å²) in [4.78, 5) is 9.37. The predicted octanol–water partition coefficient (Wildman–Crippen LogP) is 5.39. The highest BCUT2D eigenvalue weighted by Gasteiger charge is 2.17. The zero-order valence-electron chi connectivity index (χ0n) is 14.6. The van der Waals surface area contributed by atoms with Gasteiger partial charge >= 0.3 is 0 Å². The first kappa shape index (κ1) is 16.9. The van der Waals surface area contributed by atoms with Crippen LogP contribution in [-0.2, 0) is 0 Å². The number of nitrogens with zero attached hydrogens (tertiary/aromatic N) is 2. The minimum Gasteiger partial charge on any atom is -0.495 e. The van der Waals surface area contributed by atoms with Gasteiger partial charge in [0, 0.05) is 17.1 Å². The molecule has 1 aromatic heterocycles. The van der Waals surface area contributed by atoms with Gasteiger partial charge in [0.2, 0.25) is 5.95 Å². The van der Waals surface area contributed by atoms with Crippen molar-refractivity contribution in [2.75, 3.05) is 17.7 Å². The van der Waals surface area contributed by atoms with Crippen molar-refractivity contribution in [2.24, 2.45) is 0 Å². The second-order valence-corrected chi connectivity index (χ2v) is 6.92. The van der Waals surface area contributed by atoms with E-state index in [0.29, 0.717) is 22.8 Å². The zero-order valence-corrected chi connectivity index (χ0v) is 15.4. The molecule has 6 heteroatoms. The van der Waals surface area contributed by atoms with Crippen LogP contribution < -0.4 is 15.4 Å². The van der Waals surface area contributed by atoms with Crippen LogP contribution in [-0.4, -0.2) is 23.1 Å². The number of hydrogen-bond donors (Lipinski definition) is 2. The Morgan fingerprint density at radius 2 is 1.88 bits per heavy atom. The molecule has 1 aliphatic carbocycles. The fraction of sp³-hybridized carbons (Fsp3) is 0.300. The normalized spacial score (nSPS) is 14.5. The lowest BCUT2D eigenvalue weighted by Gasteiger charge is -2.16. The van der Waals surface area contributed by atoms with Crippen LogP contribution >= 0.6 is 11.6 Å². The van der Waals surface area contributed by atoms with Crippen molar-refractivity contribution < 1.29 is 4.74 Å². The first-order valence-electron chi connectivity index (χ1n) is 8.87. The molecule has 1 saturated carbocycles. The topological polar surface area (TPSA) is 59.1 Å². The lowest BCUT2D eigenvalue weighted by Crippen LogP contribution is -2.16. The van der Waals surface area contributed by atoms with E-state index in [9.17, 15) is 0 Å². The number of ether oxygens (including phenoxy) is 1. The van der Waals surface area contributed by atoms with Crippen LogP contribution in [0.4, 0.5) is 17.5 Å². The van der Waals surface area contributed by atoms with Crippen molar-refractivity contribution in [3.05, 3.63) is 47.5 Å². The van der Waals surface area contributed by atoms with E-state index in [-0.39, 0.29) is 0 Å². The maximum absolute atomic E-state index is 6.22.